The van der Waals surface area contributed by atoms with Crippen LogP contribution < -0.4 is 0 Å². The first-order valence-electron chi connectivity index (χ1n) is 7.65. The molecule has 1 aliphatic heterocycles. The van der Waals surface area contributed by atoms with Crippen LogP contribution in [0, 0.1) is 5.82 Å². The minimum atomic E-state index is -0.637. The molecule has 2 aromatic heterocycles. The number of aliphatic hydroxyl groups excluding tert-OH is 1. The normalized spacial score (nSPS) is 20.7. The molecule has 1 N–H and O–H groups in total. The van der Waals surface area contributed by atoms with Crippen molar-refractivity contribution in [3.8, 4) is 0 Å². The molecule has 0 spiro atoms. The van der Waals surface area contributed by atoms with Crippen molar-refractivity contribution in [1.82, 2.24) is 19.5 Å². The van der Waals surface area contributed by atoms with Gasteiger partial charge in [0.1, 0.15) is 5.82 Å². The van der Waals surface area contributed by atoms with Crippen molar-refractivity contribution in [3.63, 3.8) is 0 Å². The Morgan fingerprint density at radius 2 is 2.21 bits per heavy atom. The van der Waals surface area contributed by atoms with Gasteiger partial charge in [0.15, 0.2) is 0 Å². The lowest BCUT2D eigenvalue weighted by molar-refractivity contribution is 0.0717. The molecule has 122 valence electrons. The number of rotatable bonds is 2. The zero-order valence-electron chi connectivity index (χ0n) is 12.7. The van der Waals surface area contributed by atoms with Gasteiger partial charge in [0.25, 0.3) is 5.91 Å². The van der Waals surface area contributed by atoms with E-state index >= 15 is 0 Å². The van der Waals surface area contributed by atoms with Crippen LogP contribution in [0.1, 0.15) is 28.4 Å². The van der Waals surface area contributed by atoms with Gasteiger partial charge in [-0.1, -0.05) is 12.1 Å². The maximum Gasteiger partial charge on any atom is 0.258 e. The molecule has 0 saturated carbocycles. The third-order valence-corrected chi connectivity index (χ3v) is 4.33. The second-order valence-corrected chi connectivity index (χ2v) is 5.88. The molecule has 1 aromatic carbocycles. The Balaban J connectivity index is 1.72. The van der Waals surface area contributed by atoms with Crippen LogP contribution in [0.25, 0.3) is 5.52 Å². The first kappa shape index (κ1) is 14.8. The molecule has 1 saturated heterocycles. The number of benzene rings is 1. The molecule has 1 fully saturated rings. The number of carbonyl (C=O) groups excluding carboxylic acids is 1. The summed E-state index contributed by atoms with van der Waals surface area (Å²) in [5.41, 5.74) is 1.69. The molecule has 7 heteroatoms. The molecule has 4 rings (SSSR count). The number of nitrogens with zero attached hydrogens (tertiary/aromatic N) is 4. The number of aliphatic hydroxyl groups is 1. The SMILES string of the molecule is O=C(c1cnn2ccncc12)N1CC(O)CC1c1cccc(F)c1. The van der Waals surface area contributed by atoms with Gasteiger partial charge < -0.3 is 10.0 Å². The number of likely N-dealkylation sites (tertiary alicyclic amines) is 1. The van der Waals surface area contributed by atoms with Crippen LogP contribution in [-0.4, -0.2) is 43.2 Å². The van der Waals surface area contributed by atoms with Gasteiger partial charge in [0, 0.05) is 18.9 Å². The van der Waals surface area contributed by atoms with Crippen molar-refractivity contribution in [1.29, 1.82) is 0 Å². The first-order valence-corrected chi connectivity index (χ1v) is 7.65. The van der Waals surface area contributed by atoms with Crippen LogP contribution in [0.4, 0.5) is 4.39 Å². The molecule has 3 aromatic rings. The van der Waals surface area contributed by atoms with Gasteiger partial charge in [-0.25, -0.2) is 8.91 Å². The van der Waals surface area contributed by atoms with E-state index in [1.165, 1.54) is 18.3 Å². The van der Waals surface area contributed by atoms with E-state index in [1.54, 1.807) is 40.1 Å². The molecule has 2 atom stereocenters. The summed E-state index contributed by atoms with van der Waals surface area (Å²) in [7, 11) is 0. The van der Waals surface area contributed by atoms with Crippen molar-refractivity contribution in [2.75, 3.05) is 6.54 Å². The number of hydrogen-bond donors (Lipinski definition) is 1. The number of hydrogen-bond acceptors (Lipinski definition) is 4. The highest BCUT2D eigenvalue weighted by Gasteiger charge is 2.36. The molecule has 1 amide bonds. The molecule has 6 nitrogen and oxygen atoms in total. The standard InChI is InChI=1S/C17H15FN4O2/c18-12-3-1-2-11(6-12)15-7-13(23)10-21(15)17(24)14-8-20-22-5-4-19-9-16(14)22/h1-6,8-9,13,15,23H,7,10H2. The maximum atomic E-state index is 13.5. The van der Waals surface area contributed by atoms with E-state index in [-0.39, 0.29) is 24.3 Å². The number of halogens is 1. The predicted octanol–water partition coefficient (Wildman–Crippen LogP) is 1.82. The average molecular weight is 326 g/mol. The van der Waals surface area contributed by atoms with Crippen LogP contribution in [0.2, 0.25) is 0 Å². The number of fused-ring (bicyclic) bond motifs is 1. The second kappa shape index (κ2) is 5.68. The van der Waals surface area contributed by atoms with Gasteiger partial charge in [-0.3, -0.25) is 9.78 Å². The van der Waals surface area contributed by atoms with Crippen molar-refractivity contribution in [3.05, 3.63) is 66.0 Å². The van der Waals surface area contributed by atoms with E-state index in [2.05, 4.69) is 10.1 Å². The van der Waals surface area contributed by atoms with Crippen LogP contribution in [0.15, 0.2) is 49.1 Å². The highest BCUT2D eigenvalue weighted by molar-refractivity contribution is 6.00. The zero-order chi connectivity index (χ0) is 16.7. The summed E-state index contributed by atoms with van der Waals surface area (Å²) in [5.74, 6) is -0.606. The van der Waals surface area contributed by atoms with Crippen molar-refractivity contribution < 1.29 is 14.3 Å². The van der Waals surface area contributed by atoms with Crippen LogP contribution >= 0.6 is 0 Å². The quantitative estimate of drug-likeness (QED) is 0.780. The summed E-state index contributed by atoms with van der Waals surface area (Å²) in [6.45, 7) is 0.206. The van der Waals surface area contributed by atoms with E-state index in [1.807, 2.05) is 0 Å². The van der Waals surface area contributed by atoms with Gasteiger partial charge >= 0.3 is 0 Å². The summed E-state index contributed by atoms with van der Waals surface area (Å²) < 4.78 is 15.1. The molecule has 1 aliphatic rings. The minimum Gasteiger partial charge on any atom is -0.391 e. The third-order valence-electron chi connectivity index (χ3n) is 4.33. The van der Waals surface area contributed by atoms with Gasteiger partial charge in [0.05, 0.1) is 35.6 Å². The van der Waals surface area contributed by atoms with Gasteiger partial charge in [0.2, 0.25) is 0 Å². The topological polar surface area (TPSA) is 70.7 Å². The summed E-state index contributed by atoms with van der Waals surface area (Å²) >= 11 is 0. The zero-order valence-corrected chi connectivity index (χ0v) is 12.7. The first-order chi connectivity index (χ1) is 11.6. The number of aromatic nitrogens is 3. The molecule has 3 heterocycles. The highest BCUT2D eigenvalue weighted by Crippen LogP contribution is 2.34. The molecular weight excluding hydrogens is 311 g/mol. The number of carbonyl (C=O) groups is 1. The summed E-state index contributed by atoms with van der Waals surface area (Å²) in [6.07, 6.45) is 6.06. The van der Waals surface area contributed by atoms with Gasteiger partial charge in [-0.05, 0) is 24.1 Å². The third kappa shape index (κ3) is 2.43. The molecule has 2 unspecified atom stereocenters. The lowest BCUT2D eigenvalue weighted by atomic mass is 10.0. The largest absolute Gasteiger partial charge is 0.391 e. The van der Waals surface area contributed by atoms with Crippen molar-refractivity contribution in [2.45, 2.75) is 18.6 Å². The number of β-amino-alcohol motifs (C(OH)–C–C–N with tert-alkyl or cyclic N) is 1. The fraction of sp³-hybridized carbons (Fsp3) is 0.235. The predicted molar refractivity (Wildman–Crippen MR) is 83.8 cm³/mol. The van der Waals surface area contributed by atoms with E-state index in [0.29, 0.717) is 23.1 Å². The molecular formula is C17H15FN4O2. The lowest BCUT2D eigenvalue weighted by Crippen LogP contribution is -2.31. The van der Waals surface area contributed by atoms with E-state index in [0.717, 1.165) is 0 Å². The van der Waals surface area contributed by atoms with Crippen LogP contribution in [0.3, 0.4) is 0 Å². The molecule has 24 heavy (non-hydrogen) atoms. The van der Waals surface area contributed by atoms with E-state index in [9.17, 15) is 14.3 Å². The highest BCUT2D eigenvalue weighted by atomic mass is 19.1. The van der Waals surface area contributed by atoms with Crippen LogP contribution in [0.5, 0.6) is 0 Å². The molecule has 0 aliphatic carbocycles. The fourth-order valence-corrected chi connectivity index (χ4v) is 3.22. The van der Waals surface area contributed by atoms with Crippen molar-refractivity contribution >= 4 is 11.4 Å². The fourth-order valence-electron chi connectivity index (χ4n) is 3.22. The summed E-state index contributed by atoms with van der Waals surface area (Å²) in [4.78, 5) is 18.6. The second-order valence-electron chi connectivity index (χ2n) is 5.88. The molecule has 0 radical (unpaired) electrons. The Hall–Kier alpha value is -2.80. The van der Waals surface area contributed by atoms with E-state index in [4.69, 9.17) is 0 Å². The minimum absolute atomic E-state index is 0.206. The van der Waals surface area contributed by atoms with Gasteiger partial charge in [-0.15, -0.1) is 0 Å². The smallest absolute Gasteiger partial charge is 0.258 e. The summed E-state index contributed by atoms with van der Waals surface area (Å²) in [5, 5.41) is 14.2. The maximum absolute atomic E-state index is 13.5. The summed E-state index contributed by atoms with van der Waals surface area (Å²) in [6, 6.07) is 5.77. The average Bonchev–Trinajstić information content (AvgIpc) is 3.18. The Morgan fingerprint density at radius 3 is 3.04 bits per heavy atom. The van der Waals surface area contributed by atoms with E-state index < -0.39 is 6.10 Å². The van der Waals surface area contributed by atoms with Crippen molar-refractivity contribution in [2.24, 2.45) is 0 Å². The Morgan fingerprint density at radius 1 is 1.33 bits per heavy atom. The lowest BCUT2D eigenvalue weighted by Gasteiger charge is -2.24. The number of amides is 1. The Kier molecular flexibility index (Phi) is 3.50. The monoisotopic (exact) mass is 326 g/mol. The molecule has 0 bridgehead atoms. The Labute approximate surface area is 137 Å². The van der Waals surface area contributed by atoms with Gasteiger partial charge in [-0.2, -0.15) is 5.10 Å². The Bertz CT molecular complexity index is 910. The van der Waals surface area contributed by atoms with Crippen LogP contribution in [-0.2, 0) is 0 Å².